The summed E-state index contributed by atoms with van der Waals surface area (Å²) < 4.78 is 33.0. The molecule has 3 aromatic rings. The molecular weight excluding hydrogens is 412 g/mol. The van der Waals surface area contributed by atoms with Crippen LogP contribution in [0.2, 0.25) is 5.02 Å². The molecule has 2 aromatic carbocycles. The Morgan fingerprint density at radius 1 is 1.00 bits per heavy atom. The van der Waals surface area contributed by atoms with Crippen LogP contribution in [0.4, 0.5) is 17.2 Å². The van der Waals surface area contributed by atoms with E-state index < -0.39 is 10.0 Å². The maximum Gasteiger partial charge on any atom is 0.261 e. The predicted octanol–water partition coefficient (Wildman–Crippen LogP) is 4.77. The highest BCUT2D eigenvalue weighted by atomic mass is 35.5. The van der Waals surface area contributed by atoms with E-state index in [1.165, 1.54) is 24.3 Å². The Labute approximate surface area is 175 Å². The predicted molar refractivity (Wildman–Crippen MR) is 115 cm³/mol. The van der Waals surface area contributed by atoms with Crippen molar-refractivity contribution in [2.45, 2.75) is 25.2 Å². The van der Waals surface area contributed by atoms with E-state index in [0.717, 1.165) is 12.1 Å². The van der Waals surface area contributed by atoms with Crippen LogP contribution in [0.25, 0.3) is 0 Å². The quantitative estimate of drug-likeness (QED) is 0.532. The molecule has 0 aliphatic rings. The van der Waals surface area contributed by atoms with Crippen LogP contribution >= 0.6 is 11.6 Å². The molecule has 7 nitrogen and oxygen atoms in total. The number of halogens is 1. The van der Waals surface area contributed by atoms with Gasteiger partial charge in [0.2, 0.25) is 5.88 Å². The molecule has 0 saturated heterocycles. The topological polar surface area (TPSA) is 93.2 Å². The van der Waals surface area contributed by atoms with E-state index in [9.17, 15) is 8.42 Å². The SMILES string of the molecule is CCCOc1cc(Nc2ccc(NS(=O)(=O)c3ccc(Cl)cc3)cc2)nc(C)n1. The molecule has 0 fully saturated rings. The van der Waals surface area contributed by atoms with Crippen LogP contribution in [0.1, 0.15) is 19.2 Å². The molecule has 2 N–H and O–H groups in total. The minimum Gasteiger partial charge on any atom is -0.478 e. The number of ether oxygens (including phenoxy) is 1. The van der Waals surface area contributed by atoms with Crippen molar-refractivity contribution >= 4 is 38.8 Å². The van der Waals surface area contributed by atoms with Gasteiger partial charge in [-0.1, -0.05) is 18.5 Å². The zero-order valence-electron chi connectivity index (χ0n) is 16.0. The Morgan fingerprint density at radius 2 is 1.66 bits per heavy atom. The molecule has 0 amide bonds. The second-order valence-electron chi connectivity index (χ2n) is 6.25. The van der Waals surface area contributed by atoms with E-state index in [1.54, 1.807) is 37.3 Å². The standard InChI is InChI=1S/C20H21ClN4O3S/c1-3-12-28-20-13-19(22-14(2)23-20)24-16-6-8-17(9-7-16)25-29(26,27)18-10-4-15(21)5-11-18/h4-11,13,25H,3,12H2,1-2H3,(H,22,23,24). The Balaban J connectivity index is 1.70. The van der Waals surface area contributed by atoms with Crippen molar-refractivity contribution in [2.24, 2.45) is 0 Å². The number of aromatic nitrogens is 2. The summed E-state index contributed by atoms with van der Waals surface area (Å²) in [4.78, 5) is 8.72. The summed E-state index contributed by atoms with van der Waals surface area (Å²) in [5.74, 6) is 1.70. The van der Waals surface area contributed by atoms with Gasteiger partial charge >= 0.3 is 0 Å². The first kappa shape index (κ1) is 20.9. The van der Waals surface area contributed by atoms with E-state index in [2.05, 4.69) is 20.0 Å². The average Bonchev–Trinajstić information content (AvgIpc) is 2.68. The lowest BCUT2D eigenvalue weighted by Crippen LogP contribution is -2.12. The summed E-state index contributed by atoms with van der Waals surface area (Å²) in [6.45, 7) is 4.40. The molecule has 1 heterocycles. The average molecular weight is 433 g/mol. The third-order valence-corrected chi connectivity index (χ3v) is 5.45. The minimum absolute atomic E-state index is 0.139. The zero-order chi connectivity index (χ0) is 20.9. The number of hydrogen-bond donors (Lipinski definition) is 2. The van der Waals surface area contributed by atoms with Crippen LogP contribution in [0, 0.1) is 6.92 Å². The third-order valence-electron chi connectivity index (χ3n) is 3.80. The molecule has 0 aliphatic carbocycles. The normalized spacial score (nSPS) is 11.1. The third kappa shape index (κ3) is 5.82. The van der Waals surface area contributed by atoms with Crippen LogP contribution in [0.15, 0.2) is 59.5 Å². The van der Waals surface area contributed by atoms with Crippen LogP contribution < -0.4 is 14.8 Å². The van der Waals surface area contributed by atoms with Gasteiger partial charge in [0.15, 0.2) is 0 Å². The molecule has 3 rings (SSSR count). The fourth-order valence-corrected chi connectivity index (χ4v) is 3.67. The van der Waals surface area contributed by atoms with Gasteiger partial charge in [-0.05, 0) is 61.9 Å². The van der Waals surface area contributed by atoms with Gasteiger partial charge in [0.05, 0.1) is 11.5 Å². The van der Waals surface area contributed by atoms with E-state index in [-0.39, 0.29) is 4.90 Å². The number of anilines is 3. The molecule has 152 valence electrons. The number of nitrogens with zero attached hydrogens (tertiary/aromatic N) is 2. The molecule has 0 saturated carbocycles. The fourth-order valence-electron chi connectivity index (χ4n) is 2.48. The molecule has 1 aromatic heterocycles. The van der Waals surface area contributed by atoms with Gasteiger partial charge in [0.25, 0.3) is 10.0 Å². The van der Waals surface area contributed by atoms with Crippen LogP contribution in [-0.4, -0.2) is 25.0 Å². The molecule has 29 heavy (non-hydrogen) atoms. The maximum atomic E-state index is 12.4. The zero-order valence-corrected chi connectivity index (χ0v) is 17.6. The number of hydrogen-bond acceptors (Lipinski definition) is 6. The van der Waals surface area contributed by atoms with E-state index in [1.807, 2.05) is 6.92 Å². The summed E-state index contributed by atoms with van der Waals surface area (Å²) >= 11 is 5.81. The monoisotopic (exact) mass is 432 g/mol. The van der Waals surface area contributed by atoms with Gasteiger partial charge in [0, 0.05) is 22.5 Å². The molecular formula is C20H21ClN4O3S. The summed E-state index contributed by atoms with van der Waals surface area (Å²) in [7, 11) is -3.69. The van der Waals surface area contributed by atoms with Crippen LogP contribution in [-0.2, 0) is 10.0 Å². The van der Waals surface area contributed by atoms with Gasteiger partial charge in [-0.2, -0.15) is 4.98 Å². The first-order chi connectivity index (χ1) is 13.9. The highest BCUT2D eigenvalue weighted by molar-refractivity contribution is 7.92. The van der Waals surface area contributed by atoms with Crippen molar-refractivity contribution in [3.8, 4) is 5.88 Å². The van der Waals surface area contributed by atoms with Gasteiger partial charge in [-0.25, -0.2) is 13.4 Å². The van der Waals surface area contributed by atoms with E-state index >= 15 is 0 Å². The number of benzene rings is 2. The Kier molecular flexibility index (Phi) is 6.56. The lowest BCUT2D eigenvalue weighted by Gasteiger charge is -2.11. The molecule has 0 bridgehead atoms. The van der Waals surface area contributed by atoms with E-state index in [0.29, 0.717) is 34.8 Å². The molecule has 0 spiro atoms. The second-order valence-corrected chi connectivity index (χ2v) is 8.37. The lowest BCUT2D eigenvalue weighted by atomic mass is 10.3. The van der Waals surface area contributed by atoms with Crippen molar-refractivity contribution in [3.05, 3.63) is 65.4 Å². The summed E-state index contributed by atoms with van der Waals surface area (Å²) in [5.41, 5.74) is 1.19. The first-order valence-electron chi connectivity index (χ1n) is 8.99. The summed E-state index contributed by atoms with van der Waals surface area (Å²) in [5, 5.41) is 3.64. The molecule has 0 radical (unpaired) electrons. The van der Waals surface area contributed by atoms with Crippen LogP contribution in [0.3, 0.4) is 0 Å². The van der Waals surface area contributed by atoms with Crippen molar-refractivity contribution in [3.63, 3.8) is 0 Å². The fraction of sp³-hybridized carbons (Fsp3) is 0.200. The Bertz CT molecular complexity index is 1070. The van der Waals surface area contributed by atoms with Crippen molar-refractivity contribution in [2.75, 3.05) is 16.6 Å². The van der Waals surface area contributed by atoms with Gasteiger partial charge in [0.1, 0.15) is 11.6 Å². The highest BCUT2D eigenvalue weighted by Crippen LogP contribution is 2.22. The number of rotatable bonds is 8. The minimum atomic E-state index is -3.69. The summed E-state index contributed by atoms with van der Waals surface area (Å²) in [6, 6.07) is 14.5. The Hall–Kier alpha value is -2.84. The molecule has 0 atom stereocenters. The number of nitrogens with one attached hydrogen (secondary N) is 2. The van der Waals surface area contributed by atoms with Crippen molar-refractivity contribution in [1.29, 1.82) is 0 Å². The smallest absolute Gasteiger partial charge is 0.261 e. The van der Waals surface area contributed by atoms with Gasteiger partial charge in [-0.15, -0.1) is 0 Å². The van der Waals surface area contributed by atoms with Crippen LogP contribution in [0.5, 0.6) is 5.88 Å². The maximum absolute atomic E-state index is 12.4. The highest BCUT2D eigenvalue weighted by Gasteiger charge is 2.14. The molecule has 0 aliphatic heterocycles. The van der Waals surface area contributed by atoms with E-state index in [4.69, 9.17) is 16.3 Å². The Morgan fingerprint density at radius 3 is 2.31 bits per heavy atom. The molecule has 9 heteroatoms. The number of sulfonamides is 1. The van der Waals surface area contributed by atoms with Crippen molar-refractivity contribution in [1.82, 2.24) is 9.97 Å². The van der Waals surface area contributed by atoms with Gasteiger partial charge in [-0.3, -0.25) is 4.72 Å². The lowest BCUT2D eigenvalue weighted by molar-refractivity contribution is 0.304. The molecule has 0 unspecified atom stereocenters. The summed E-state index contributed by atoms with van der Waals surface area (Å²) in [6.07, 6.45) is 0.888. The largest absolute Gasteiger partial charge is 0.478 e. The van der Waals surface area contributed by atoms with Gasteiger partial charge < -0.3 is 10.1 Å². The number of aryl methyl sites for hydroxylation is 1. The first-order valence-corrected chi connectivity index (χ1v) is 10.9. The second kappa shape index (κ2) is 9.11. The van der Waals surface area contributed by atoms with Crippen molar-refractivity contribution < 1.29 is 13.2 Å².